The fourth-order valence-corrected chi connectivity index (χ4v) is 2.14. The average Bonchev–Trinajstić information content (AvgIpc) is 2.33. The van der Waals surface area contributed by atoms with Gasteiger partial charge in [0, 0.05) is 14.7 Å². The number of anilines is 1. The Balaban J connectivity index is 2.63. The van der Waals surface area contributed by atoms with Gasteiger partial charge in [-0.05, 0) is 34.7 Å². The number of nitrogens with two attached hydrogens (primary N) is 1. The summed E-state index contributed by atoms with van der Waals surface area (Å²) < 4.78 is 6.39. The first kappa shape index (κ1) is 11.3. The Morgan fingerprint density at radius 3 is 2.44 bits per heavy atom. The molecular formula is C13H12INO. The van der Waals surface area contributed by atoms with Crippen LogP contribution in [0.2, 0.25) is 0 Å². The summed E-state index contributed by atoms with van der Waals surface area (Å²) in [7, 11) is 1.67. The highest BCUT2D eigenvalue weighted by atomic mass is 127. The highest BCUT2D eigenvalue weighted by Crippen LogP contribution is 2.35. The van der Waals surface area contributed by atoms with Gasteiger partial charge < -0.3 is 10.5 Å². The number of hydrogen-bond acceptors (Lipinski definition) is 2. The quantitative estimate of drug-likeness (QED) is 0.677. The Kier molecular flexibility index (Phi) is 3.33. The van der Waals surface area contributed by atoms with Gasteiger partial charge in [0.1, 0.15) is 5.75 Å². The molecule has 0 heterocycles. The van der Waals surface area contributed by atoms with Crippen LogP contribution in [0.25, 0.3) is 11.1 Å². The van der Waals surface area contributed by atoms with Crippen LogP contribution >= 0.6 is 22.6 Å². The van der Waals surface area contributed by atoms with Crippen LogP contribution in [-0.2, 0) is 0 Å². The summed E-state index contributed by atoms with van der Waals surface area (Å²) in [6, 6.07) is 13.9. The van der Waals surface area contributed by atoms with E-state index in [-0.39, 0.29) is 0 Å². The molecule has 0 atom stereocenters. The molecule has 2 aromatic rings. The zero-order valence-corrected chi connectivity index (χ0v) is 11.1. The van der Waals surface area contributed by atoms with Crippen molar-refractivity contribution in [2.24, 2.45) is 0 Å². The van der Waals surface area contributed by atoms with Crippen LogP contribution in [-0.4, -0.2) is 7.11 Å². The van der Waals surface area contributed by atoms with E-state index in [1.165, 1.54) is 0 Å². The number of hydrogen-bond donors (Lipinski definition) is 1. The topological polar surface area (TPSA) is 35.2 Å². The van der Waals surface area contributed by atoms with Crippen molar-refractivity contribution in [1.29, 1.82) is 0 Å². The molecule has 82 valence electrons. The van der Waals surface area contributed by atoms with Gasteiger partial charge in [-0.1, -0.05) is 30.3 Å². The van der Waals surface area contributed by atoms with Crippen molar-refractivity contribution >= 4 is 28.3 Å². The van der Waals surface area contributed by atoms with Crippen molar-refractivity contribution in [2.45, 2.75) is 0 Å². The lowest BCUT2D eigenvalue weighted by molar-refractivity contribution is 0.416. The SMILES string of the molecule is COc1ccccc1-c1cccc(I)c1N. The zero-order chi connectivity index (χ0) is 11.5. The van der Waals surface area contributed by atoms with E-state index in [1.54, 1.807) is 7.11 Å². The summed E-state index contributed by atoms with van der Waals surface area (Å²) in [5, 5.41) is 0. The molecule has 0 aliphatic rings. The first-order valence-electron chi connectivity index (χ1n) is 4.91. The summed E-state index contributed by atoms with van der Waals surface area (Å²) >= 11 is 2.23. The van der Waals surface area contributed by atoms with Gasteiger partial charge in [0.15, 0.2) is 0 Å². The summed E-state index contributed by atoms with van der Waals surface area (Å²) in [5.74, 6) is 0.844. The largest absolute Gasteiger partial charge is 0.496 e. The molecule has 2 rings (SSSR count). The standard InChI is InChI=1S/C13H12INO/c1-16-12-8-3-2-5-9(12)10-6-4-7-11(14)13(10)15/h2-8H,15H2,1H3. The molecule has 2 nitrogen and oxygen atoms in total. The second-order valence-electron chi connectivity index (χ2n) is 3.40. The Bertz CT molecular complexity index is 511. The maximum absolute atomic E-state index is 6.08. The molecule has 16 heavy (non-hydrogen) atoms. The summed E-state index contributed by atoms with van der Waals surface area (Å²) in [5.41, 5.74) is 8.92. The van der Waals surface area contributed by atoms with Crippen LogP contribution < -0.4 is 10.5 Å². The third-order valence-corrected chi connectivity index (χ3v) is 3.39. The van der Waals surface area contributed by atoms with E-state index in [1.807, 2.05) is 42.5 Å². The molecule has 0 unspecified atom stereocenters. The van der Waals surface area contributed by atoms with E-state index in [0.29, 0.717) is 0 Å². The maximum Gasteiger partial charge on any atom is 0.126 e. The molecule has 0 aliphatic heterocycles. The molecule has 0 aromatic heterocycles. The number of para-hydroxylation sites is 2. The summed E-state index contributed by atoms with van der Waals surface area (Å²) in [6.45, 7) is 0. The van der Waals surface area contributed by atoms with E-state index in [4.69, 9.17) is 10.5 Å². The molecule has 0 bridgehead atoms. The van der Waals surface area contributed by atoms with Crippen molar-refractivity contribution in [1.82, 2.24) is 0 Å². The molecule has 0 fully saturated rings. The average molecular weight is 325 g/mol. The lowest BCUT2D eigenvalue weighted by atomic mass is 10.0. The van der Waals surface area contributed by atoms with E-state index in [9.17, 15) is 0 Å². The molecule has 0 spiro atoms. The molecule has 0 aliphatic carbocycles. The smallest absolute Gasteiger partial charge is 0.126 e. The molecule has 0 radical (unpaired) electrons. The lowest BCUT2D eigenvalue weighted by Crippen LogP contribution is -1.95. The van der Waals surface area contributed by atoms with Crippen molar-refractivity contribution in [3.05, 3.63) is 46.0 Å². The molecule has 2 aromatic carbocycles. The second kappa shape index (κ2) is 4.74. The zero-order valence-electron chi connectivity index (χ0n) is 8.91. The van der Waals surface area contributed by atoms with Crippen LogP contribution in [0.1, 0.15) is 0 Å². The second-order valence-corrected chi connectivity index (χ2v) is 4.56. The molecule has 0 saturated heterocycles. The Morgan fingerprint density at radius 2 is 1.69 bits per heavy atom. The molecule has 3 heteroatoms. The third kappa shape index (κ3) is 2.00. The molecule has 2 N–H and O–H groups in total. The van der Waals surface area contributed by atoms with E-state index < -0.39 is 0 Å². The predicted molar refractivity (Wildman–Crippen MR) is 75.6 cm³/mol. The number of ether oxygens (including phenoxy) is 1. The van der Waals surface area contributed by atoms with Gasteiger partial charge in [0.05, 0.1) is 12.8 Å². The van der Waals surface area contributed by atoms with Crippen LogP contribution in [0.5, 0.6) is 5.75 Å². The minimum absolute atomic E-state index is 0.799. The fourth-order valence-electron chi connectivity index (χ4n) is 1.64. The van der Waals surface area contributed by atoms with Crippen molar-refractivity contribution < 1.29 is 4.74 Å². The monoisotopic (exact) mass is 325 g/mol. The van der Waals surface area contributed by atoms with Crippen LogP contribution in [0.4, 0.5) is 5.69 Å². The normalized spacial score (nSPS) is 10.1. The first-order chi connectivity index (χ1) is 7.74. The summed E-state index contributed by atoms with van der Waals surface area (Å²) in [4.78, 5) is 0. The van der Waals surface area contributed by atoms with Crippen LogP contribution in [0, 0.1) is 3.57 Å². The fraction of sp³-hybridized carbons (Fsp3) is 0.0769. The number of benzene rings is 2. The van der Waals surface area contributed by atoms with E-state index in [0.717, 1.165) is 26.1 Å². The van der Waals surface area contributed by atoms with Gasteiger partial charge in [-0.25, -0.2) is 0 Å². The number of rotatable bonds is 2. The van der Waals surface area contributed by atoms with Gasteiger partial charge in [-0.2, -0.15) is 0 Å². The van der Waals surface area contributed by atoms with Crippen molar-refractivity contribution in [3.63, 3.8) is 0 Å². The van der Waals surface area contributed by atoms with Crippen molar-refractivity contribution in [2.75, 3.05) is 12.8 Å². The number of halogens is 1. The van der Waals surface area contributed by atoms with Gasteiger partial charge in [-0.15, -0.1) is 0 Å². The maximum atomic E-state index is 6.08. The van der Waals surface area contributed by atoms with E-state index >= 15 is 0 Å². The minimum Gasteiger partial charge on any atom is -0.496 e. The summed E-state index contributed by atoms with van der Waals surface area (Å²) in [6.07, 6.45) is 0. The number of methoxy groups -OCH3 is 1. The van der Waals surface area contributed by atoms with E-state index in [2.05, 4.69) is 22.6 Å². The molecule has 0 saturated carbocycles. The lowest BCUT2D eigenvalue weighted by Gasteiger charge is -2.11. The third-order valence-electron chi connectivity index (χ3n) is 2.45. The highest BCUT2D eigenvalue weighted by Gasteiger charge is 2.09. The van der Waals surface area contributed by atoms with Crippen molar-refractivity contribution in [3.8, 4) is 16.9 Å². The Hall–Kier alpha value is -1.23. The first-order valence-corrected chi connectivity index (χ1v) is 5.99. The number of nitrogen functional groups attached to an aromatic ring is 1. The predicted octanol–water partition coefficient (Wildman–Crippen LogP) is 3.55. The van der Waals surface area contributed by atoms with Gasteiger partial charge in [-0.3, -0.25) is 0 Å². The molecular weight excluding hydrogens is 313 g/mol. The minimum atomic E-state index is 0.799. The Morgan fingerprint density at radius 1 is 1.00 bits per heavy atom. The van der Waals surface area contributed by atoms with Gasteiger partial charge in [0.2, 0.25) is 0 Å². The highest BCUT2D eigenvalue weighted by molar-refractivity contribution is 14.1. The van der Waals surface area contributed by atoms with Gasteiger partial charge >= 0.3 is 0 Å². The van der Waals surface area contributed by atoms with Crippen LogP contribution in [0.15, 0.2) is 42.5 Å². The van der Waals surface area contributed by atoms with Crippen LogP contribution in [0.3, 0.4) is 0 Å². The Labute approximate surface area is 109 Å². The molecule has 0 amide bonds. The van der Waals surface area contributed by atoms with Gasteiger partial charge in [0.25, 0.3) is 0 Å².